The molecular weight excluding hydrogens is 278 g/mol. The van der Waals surface area contributed by atoms with Crippen LogP contribution < -0.4 is 0 Å². The number of Topliss-reactive ketones (excluding diaryl/α,β-unsaturated/α-hetero) is 1. The van der Waals surface area contributed by atoms with Crippen LogP contribution in [-0.2, 0) is 9.59 Å². The summed E-state index contributed by atoms with van der Waals surface area (Å²) in [6.45, 7) is 4.26. The van der Waals surface area contributed by atoms with Crippen molar-refractivity contribution in [3.8, 4) is 6.07 Å². The molecule has 0 saturated carbocycles. The van der Waals surface area contributed by atoms with Gasteiger partial charge in [0, 0.05) is 26.2 Å². The van der Waals surface area contributed by atoms with Gasteiger partial charge in [0.25, 0.3) is 5.91 Å². The Hall–Kier alpha value is -2.45. The van der Waals surface area contributed by atoms with E-state index in [1.54, 1.807) is 35.2 Å². The second-order valence-corrected chi connectivity index (χ2v) is 5.45. The van der Waals surface area contributed by atoms with Crippen molar-refractivity contribution >= 4 is 17.8 Å². The molecule has 0 aromatic heterocycles. The molecule has 114 valence electrons. The molecule has 1 fully saturated rings. The minimum Gasteiger partial charge on any atom is -0.336 e. The van der Waals surface area contributed by atoms with E-state index in [0.29, 0.717) is 24.2 Å². The standard InChI is InChI=1S/C17H19N3O2/c1-13(21)16(11-14-4-3-5-15(10-14)12-18)17(22)20-8-6-19(2)7-9-20/h3-5,10-11H,6-9H2,1-2H3/b16-11+. The third kappa shape index (κ3) is 3.80. The number of likely N-dealkylation sites (N-methyl/N-ethyl adjacent to an activating group) is 1. The lowest BCUT2D eigenvalue weighted by atomic mass is 10.0. The average Bonchev–Trinajstić information content (AvgIpc) is 2.52. The molecule has 2 rings (SSSR count). The van der Waals surface area contributed by atoms with Crippen molar-refractivity contribution in [1.82, 2.24) is 9.80 Å². The van der Waals surface area contributed by atoms with E-state index in [1.807, 2.05) is 7.05 Å². The van der Waals surface area contributed by atoms with E-state index in [0.717, 1.165) is 13.1 Å². The second-order valence-electron chi connectivity index (χ2n) is 5.45. The highest BCUT2D eigenvalue weighted by Crippen LogP contribution is 2.14. The predicted octanol–water partition coefficient (Wildman–Crippen LogP) is 1.30. The lowest BCUT2D eigenvalue weighted by molar-refractivity contribution is -0.130. The first-order valence-corrected chi connectivity index (χ1v) is 7.22. The van der Waals surface area contributed by atoms with Gasteiger partial charge in [0.1, 0.15) is 0 Å². The number of piperazine rings is 1. The van der Waals surface area contributed by atoms with E-state index in [9.17, 15) is 9.59 Å². The number of hydrogen-bond donors (Lipinski definition) is 0. The first-order chi connectivity index (χ1) is 10.5. The molecule has 0 N–H and O–H groups in total. The largest absolute Gasteiger partial charge is 0.336 e. The maximum atomic E-state index is 12.6. The van der Waals surface area contributed by atoms with E-state index >= 15 is 0 Å². The fraction of sp³-hybridized carbons (Fsp3) is 0.353. The van der Waals surface area contributed by atoms with E-state index < -0.39 is 0 Å². The molecule has 0 aliphatic carbocycles. The van der Waals surface area contributed by atoms with Crippen molar-refractivity contribution in [3.05, 3.63) is 41.0 Å². The molecule has 0 unspecified atom stereocenters. The second kappa shape index (κ2) is 7.01. The van der Waals surface area contributed by atoms with Crippen LogP contribution in [-0.4, -0.2) is 54.7 Å². The Balaban J connectivity index is 2.25. The molecule has 22 heavy (non-hydrogen) atoms. The third-order valence-corrected chi connectivity index (χ3v) is 3.73. The van der Waals surface area contributed by atoms with E-state index in [4.69, 9.17) is 5.26 Å². The van der Waals surface area contributed by atoms with Crippen molar-refractivity contribution < 1.29 is 9.59 Å². The van der Waals surface area contributed by atoms with E-state index in [2.05, 4.69) is 11.0 Å². The minimum absolute atomic E-state index is 0.166. The molecule has 1 saturated heterocycles. The Morgan fingerprint density at radius 3 is 2.50 bits per heavy atom. The van der Waals surface area contributed by atoms with Crippen molar-refractivity contribution in [3.63, 3.8) is 0 Å². The van der Waals surface area contributed by atoms with Crippen molar-refractivity contribution in [2.45, 2.75) is 6.92 Å². The summed E-state index contributed by atoms with van der Waals surface area (Å²) in [6.07, 6.45) is 1.57. The Labute approximate surface area is 130 Å². The fourth-order valence-electron chi connectivity index (χ4n) is 2.36. The quantitative estimate of drug-likeness (QED) is 0.479. The van der Waals surface area contributed by atoms with Gasteiger partial charge in [-0.1, -0.05) is 12.1 Å². The highest BCUT2D eigenvalue weighted by atomic mass is 16.2. The van der Waals surface area contributed by atoms with E-state index in [1.165, 1.54) is 6.92 Å². The van der Waals surface area contributed by atoms with Crippen LogP contribution in [0.5, 0.6) is 0 Å². The van der Waals surface area contributed by atoms with Gasteiger partial charge < -0.3 is 9.80 Å². The van der Waals surface area contributed by atoms with Crippen LogP contribution in [0.2, 0.25) is 0 Å². The highest BCUT2D eigenvalue weighted by Gasteiger charge is 2.24. The number of ketones is 1. The van der Waals surface area contributed by atoms with Gasteiger partial charge in [-0.3, -0.25) is 9.59 Å². The molecule has 0 bridgehead atoms. The maximum absolute atomic E-state index is 12.6. The molecule has 1 heterocycles. The number of carbonyl (C=O) groups is 2. The summed E-state index contributed by atoms with van der Waals surface area (Å²) in [5.74, 6) is -0.491. The molecule has 5 heteroatoms. The molecule has 0 atom stereocenters. The van der Waals surface area contributed by atoms with Gasteiger partial charge in [0.15, 0.2) is 5.78 Å². The fourth-order valence-corrected chi connectivity index (χ4v) is 2.36. The predicted molar refractivity (Wildman–Crippen MR) is 83.9 cm³/mol. The van der Waals surface area contributed by atoms with E-state index in [-0.39, 0.29) is 17.3 Å². The zero-order chi connectivity index (χ0) is 16.1. The Morgan fingerprint density at radius 1 is 1.23 bits per heavy atom. The summed E-state index contributed by atoms with van der Waals surface area (Å²) in [4.78, 5) is 28.3. The van der Waals surface area contributed by atoms with Gasteiger partial charge in [-0.2, -0.15) is 5.26 Å². The molecule has 1 aliphatic heterocycles. The van der Waals surface area contributed by atoms with Crippen LogP contribution >= 0.6 is 0 Å². The SMILES string of the molecule is CC(=O)/C(=C\c1cccc(C#N)c1)C(=O)N1CCN(C)CC1. The molecule has 1 aliphatic rings. The zero-order valence-electron chi connectivity index (χ0n) is 12.9. The molecule has 1 aromatic carbocycles. The summed E-state index contributed by atoms with van der Waals surface area (Å²) < 4.78 is 0. The van der Waals surface area contributed by atoms with Gasteiger partial charge in [0.2, 0.25) is 0 Å². The van der Waals surface area contributed by atoms with Crippen molar-refractivity contribution in [2.75, 3.05) is 33.2 Å². The molecule has 5 nitrogen and oxygen atoms in total. The van der Waals surface area contributed by atoms with Crippen LogP contribution in [0, 0.1) is 11.3 Å². The number of amides is 1. The summed E-state index contributed by atoms with van der Waals surface area (Å²) >= 11 is 0. The molecule has 0 spiro atoms. The van der Waals surface area contributed by atoms with Gasteiger partial charge in [-0.15, -0.1) is 0 Å². The monoisotopic (exact) mass is 297 g/mol. The molecule has 1 aromatic rings. The summed E-state index contributed by atoms with van der Waals surface area (Å²) in [5, 5.41) is 8.93. The number of nitrogens with zero attached hydrogens (tertiary/aromatic N) is 3. The van der Waals surface area contributed by atoms with Crippen LogP contribution in [0.4, 0.5) is 0 Å². The summed E-state index contributed by atoms with van der Waals surface area (Å²) in [5.41, 5.74) is 1.36. The third-order valence-electron chi connectivity index (χ3n) is 3.73. The van der Waals surface area contributed by atoms with Crippen LogP contribution in [0.3, 0.4) is 0 Å². The smallest absolute Gasteiger partial charge is 0.257 e. The zero-order valence-corrected chi connectivity index (χ0v) is 12.9. The van der Waals surface area contributed by atoms with Crippen molar-refractivity contribution in [1.29, 1.82) is 5.26 Å². The maximum Gasteiger partial charge on any atom is 0.257 e. The average molecular weight is 297 g/mol. The number of benzene rings is 1. The van der Waals surface area contributed by atoms with Crippen molar-refractivity contribution in [2.24, 2.45) is 0 Å². The van der Waals surface area contributed by atoms with Gasteiger partial charge in [0.05, 0.1) is 17.2 Å². The van der Waals surface area contributed by atoms with Crippen LogP contribution in [0.1, 0.15) is 18.1 Å². The molecule has 0 radical (unpaired) electrons. The first kappa shape index (κ1) is 15.9. The topological polar surface area (TPSA) is 64.4 Å². The summed E-state index contributed by atoms with van der Waals surface area (Å²) in [7, 11) is 2.01. The van der Waals surface area contributed by atoms with Gasteiger partial charge in [-0.25, -0.2) is 0 Å². The van der Waals surface area contributed by atoms with Gasteiger partial charge in [-0.05, 0) is 37.7 Å². The van der Waals surface area contributed by atoms with Crippen LogP contribution in [0.25, 0.3) is 6.08 Å². The lowest BCUT2D eigenvalue weighted by Gasteiger charge is -2.32. The number of nitriles is 1. The Bertz CT molecular complexity index is 650. The lowest BCUT2D eigenvalue weighted by Crippen LogP contribution is -2.48. The number of hydrogen-bond acceptors (Lipinski definition) is 4. The highest BCUT2D eigenvalue weighted by molar-refractivity contribution is 6.21. The minimum atomic E-state index is -0.258. The van der Waals surface area contributed by atoms with Gasteiger partial charge >= 0.3 is 0 Å². The molecule has 1 amide bonds. The molecular formula is C17H19N3O2. The number of rotatable bonds is 3. The Kier molecular flexibility index (Phi) is 5.08. The number of carbonyl (C=O) groups excluding carboxylic acids is 2. The van der Waals surface area contributed by atoms with Crippen LogP contribution in [0.15, 0.2) is 29.8 Å². The first-order valence-electron chi connectivity index (χ1n) is 7.22. The summed E-state index contributed by atoms with van der Waals surface area (Å²) in [6, 6.07) is 8.92. The normalized spacial score (nSPS) is 16.2. The Morgan fingerprint density at radius 2 is 1.91 bits per heavy atom.